The van der Waals surface area contributed by atoms with Crippen molar-refractivity contribution in [3.05, 3.63) is 64.7 Å². The lowest BCUT2D eigenvalue weighted by Crippen LogP contribution is -2.23. The molecular formula is C19H19NO2. The molecule has 0 aliphatic carbocycles. The van der Waals surface area contributed by atoms with Crippen molar-refractivity contribution in [2.75, 3.05) is 13.7 Å². The molecule has 3 nitrogen and oxygen atoms in total. The van der Waals surface area contributed by atoms with Crippen molar-refractivity contribution < 1.29 is 9.53 Å². The summed E-state index contributed by atoms with van der Waals surface area (Å²) in [7, 11) is 1.63. The maximum Gasteiger partial charge on any atom is 0.252 e. The Kier molecular flexibility index (Phi) is 5.21. The molecule has 22 heavy (non-hydrogen) atoms. The molecule has 0 saturated heterocycles. The fourth-order valence-electron chi connectivity index (χ4n) is 1.93. The van der Waals surface area contributed by atoms with Crippen LogP contribution >= 0.6 is 0 Å². The molecule has 0 fully saturated rings. The summed E-state index contributed by atoms with van der Waals surface area (Å²) in [5.41, 5.74) is 3.84. The summed E-state index contributed by atoms with van der Waals surface area (Å²) < 4.78 is 5.09. The summed E-state index contributed by atoms with van der Waals surface area (Å²) in [6.07, 6.45) is 0. The number of ether oxygens (including phenoxy) is 1. The van der Waals surface area contributed by atoms with E-state index in [0.717, 1.165) is 16.9 Å². The highest BCUT2D eigenvalue weighted by atomic mass is 16.5. The zero-order chi connectivity index (χ0) is 15.9. The number of rotatable bonds is 3. The Morgan fingerprint density at radius 1 is 1.09 bits per heavy atom. The lowest BCUT2D eigenvalue weighted by atomic mass is 10.1. The summed E-state index contributed by atoms with van der Waals surface area (Å²) in [6.45, 7) is 4.34. The largest absolute Gasteiger partial charge is 0.497 e. The van der Waals surface area contributed by atoms with E-state index < -0.39 is 0 Å². The average Bonchev–Trinajstić information content (AvgIpc) is 2.54. The van der Waals surface area contributed by atoms with Crippen molar-refractivity contribution in [2.45, 2.75) is 13.8 Å². The molecule has 0 spiro atoms. The van der Waals surface area contributed by atoms with E-state index in [2.05, 4.69) is 17.2 Å². The van der Waals surface area contributed by atoms with Crippen molar-refractivity contribution >= 4 is 5.91 Å². The van der Waals surface area contributed by atoms with Gasteiger partial charge in [-0.25, -0.2) is 0 Å². The van der Waals surface area contributed by atoms with Gasteiger partial charge in [-0.15, -0.1) is 0 Å². The van der Waals surface area contributed by atoms with E-state index in [9.17, 15) is 4.79 Å². The number of hydrogen-bond acceptors (Lipinski definition) is 2. The first-order valence-corrected chi connectivity index (χ1v) is 7.08. The number of carbonyl (C=O) groups excluding carboxylic acids is 1. The molecular weight excluding hydrogens is 274 g/mol. The van der Waals surface area contributed by atoms with E-state index in [4.69, 9.17) is 4.74 Å². The van der Waals surface area contributed by atoms with Crippen molar-refractivity contribution in [3.63, 3.8) is 0 Å². The zero-order valence-electron chi connectivity index (χ0n) is 13.1. The molecule has 0 aromatic heterocycles. The monoisotopic (exact) mass is 293 g/mol. The third-order valence-electron chi connectivity index (χ3n) is 3.43. The van der Waals surface area contributed by atoms with Crippen LogP contribution in [0.5, 0.6) is 5.75 Å². The summed E-state index contributed by atoms with van der Waals surface area (Å²) in [6, 6.07) is 13.2. The molecule has 0 aliphatic rings. The first-order valence-electron chi connectivity index (χ1n) is 7.08. The molecule has 0 radical (unpaired) electrons. The molecule has 0 aliphatic heterocycles. The lowest BCUT2D eigenvalue weighted by Gasteiger charge is -2.04. The second-order valence-electron chi connectivity index (χ2n) is 5.01. The number of carbonyl (C=O) groups is 1. The SMILES string of the molecule is COc1ccc(C#CCNC(=O)c2ccc(C)c(C)c2)cc1. The van der Waals surface area contributed by atoms with E-state index in [1.165, 1.54) is 5.56 Å². The molecule has 1 N–H and O–H groups in total. The molecule has 2 aromatic rings. The van der Waals surface area contributed by atoms with E-state index in [1.807, 2.05) is 56.3 Å². The van der Waals surface area contributed by atoms with Crippen LogP contribution in [0.25, 0.3) is 0 Å². The Bertz CT molecular complexity index is 721. The van der Waals surface area contributed by atoms with Gasteiger partial charge in [0, 0.05) is 11.1 Å². The fraction of sp³-hybridized carbons (Fsp3) is 0.211. The fourth-order valence-corrected chi connectivity index (χ4v) is 1.93. The third-order valence-corrected chi connectivity index (χ3v) is 3.43. The summed E-state index contributed by atoms with van der Waals surface area (Å²) >= 11 is 0. The van der Waals surface area contributed by atoms with E-state index >= 15 is 0 Å². The number of amides is 1. The minimum Gasteiger partial charge on any atom is -0.497 e. The first kappa shape index (κ1) is 15.7. The van der Waals surface area contributed by atoms with Gasteiger partial charge >= 0.3 is 0 Å². The highest BCUT2D eigenvalue weighted by Crippen LogP contribution is 2.10. The number of aryl methyl sites for hydroxylation is 2. The number of nitrogens with one attached hydrogen (secondary N) is 1. The van der Waals surface area contributed by atoms with Crippen LogP contribution in [0.4, 0.5) is 0 Å². The van der Waals surface area contributed by atoms with E-state index in [0.29, 0.717) is 12.1 Å². The van der Waals surface area contributed by atoms with Crippen molar-refractivity contribution in [2.24, 2.45) is 0 Å². The predicted octanol–water partition coefficient (Wildman–Crippen LogP) is 3.09. The van der Waals surface area contributed by atoms with Crippen LogP contribution in [-0.2, 0) is 0 Å². The van der Waals surface area contributed by atoms with Gasteiger partial charge in [0.1, 0.15) is 5.75 Å². The van der Waals surface area contributed by atoms with Gasteiger partial charge < -0.3 is 10.1 Å². The molecule has 0 atom stereocenters. The van der Waals surface area contributed by atoms with Crippen molar-refractivity contribution in [1.29, 1.82) is 0 Å². The summed E-state index contributed by atoms with van der Waals surface area (Å²) in [5, 5.41) is 2.80. The standard InChI is InChI=1S/C19H19NO2/c1-14-6-9-17(13-15(14)2)19(21)20-12-4-5-16-7-10-18(22-3)11-8-16/h6-11,13H,12H2,1-3H3,(H,20,21). The van der Waals surface area contributed by atoms with Gasteiger partial charge in [0.15, 0.2) is 0 Å². The van der Waals surface area contributed by atoms with Crippen LogP contribution < -0.4 is 10.1 Å². The molecule has 112 valence electrons. The van der Waals surface area contributed by atoms with Gasteiger partial charge in [-0.2, -0.15) is 0 Å². The third kappa shape index (κ3) is 4.13. The molecule has 3 heteroatoms. The molecule has 1 amide bonds. The Labute approximate surface area is 131 Å². The quantitative estimate of drug-likeness (QED) is 0.883. The van der Waals surface area contributed by atoms with E-state index in [-0.39, 0.29) is 5.91 Å². The molecule has 0 unspecified atom stereocenters. The topological polar surface area (TPSA) is 38.3 Å². The van der Waals surface area contributed by atoms with Crippen LogP contribution in [0.2, 0.25) is 0 Å². The summed E-state index contributed by atoms with van der Waals surface area (Å²) in [4.78, 5) is 12.0. The van der Waals surface area contributed by atoms with Crippen molar-refractivity contribution in [1.82, 2.24) is 5.32 Å². The minimum absolute atomic E-state index is 0.105. The van der Waals surface area contributed by atoms with Crippen LogP contribution in [0.3, 0.4) is 0 Å². The minimum atomic E-state index is -0.105. The average molecular weight is 293 g/mol. The molecule has 0 heterocycles. The first-order chi connectivity index (χ1) is 10.6. The highest BCUT2D eigenvalue weighted by Gasteiger charge is 2.04. The normalized spacial score (nSPS) is 9.59. The van der Waals surface area contributed by atoms with Gasteiger partial charge in [0.25, 0.3) is 5.91 Å². The molecule has 2 rings (SSSR count). The Morgan fingerprint density at radius 2 is 1.82 bits per heavy atom. The summed E-state index contributed by atoms with van der Waals surface area (Å²) in [5.74, 6) is 6.64. The maximum atomic E-state index is 12.0. The van der Waals surface area contributed by atoms with Crippen LogP contribution in [0.15, 0.2) is 42.5 Å². The smallest absolute Gasteiger partial charge is 0.252 e. The second kappa shape index (κ2) is 7.33. The number of methoxy groups -OCH3 is 1. The number of benzene rings is 2. The van der Waals surface area contributed by atoms with Crippen molar-refractivity contribution in [3.8, 4) is 17.6 Å². The maximum absolute atomic E-state index is 12.0. The van der Waals surface area contributed by atoms with Gasteiger partial charge in [0.05, 0.1) is 13.7 Å². The van der Waals surface area contributed by atoms with Gasteiger partial charge in [-0.1, -0.05) is 17.9 Å². The Morgan fingerprint density at radius 3 is 2.45 bits per heavy atom. The molecule has 2 aromatic carbocycles. The predicted molar refractivity (Wildman–Crippen MR) is 88.1 cm³/mol. The van der Waals surface area contributed by atoms with Crippen LogP contribution in [0.1, 0.15) is 27.0 Å². The van der Waals surface area contributed by atoms with Gasteiger partial charge in [0.2, 0.25) is 0 Å². The Hall–Kier alpha value is -2.73. The second-order valence-corrected chi connectivity index (χ2v) is 5.01. The lowest BCUT2D eigenvalue weighted by molar-refractivity contribution is 0.0958. The molecule has 0 saturated carbocycles. The van der Waals surface area contributed by atoms with Gasteiger partial charge in [-0.05, 0) is 61.4 Å². The zero-order valence-corrected chi connectivity index (χ0v) is 13.1. The van der Waals surface area contributed by atoms with E-state index in [1.54, 1.807) is 7.11 Å². The Balaban J connectivity index is 1.91. The van der Waals surface area contributed by atoms with Crippen LogP contribution in [-0.4, -0.2) is 19.6 Å². The number of hydrogen-bond donors (Lipinski definition) is 1. The molecule has 0 bridgehead atoms. The highest BCUT2D eigenvalue weighted by molar-refractivity contribution is 5.94. The van der Waals surface area contributed by atoms with Gasteiger partial charge in [-0.3, -0.25) is 4.79 Å². The van der Waals surface area contributed by atoms with Crippen LogP contribution in [0, 0.1) is 25.7 Å².